The molecule has 2 rings (SSSR count). The van der Waals surface area contributed by atoms with Crippen LogP contribution in [0.2, 0.25) is 0 Å². The summed E-state index contributed by atoms with van der Waals surface area (Å²) in [4.78, 5) is 0. The Labute approximate surface area is 113 Å². The van der Waals surface area contributed by atoms with Crippen LogP contribution in [0.3, 0.4) is 0 Å². The third-order valence-corrected chi connectivity index (χ3v) is 5.65. The summed E-state index contributed by atoms with van der Waals surface area (Å²) >= 11 is 0. The summed E-state index contributed by atoms with van der Waals surface area (Å²) in [6.07, 6.45) is 1.17. The molecule has 110 valence electrons. The Morgan fingerprint density at radius 2 is 1.68 bits per heavy atom. The zero-order valence-corrected chi connectivity index (χ0v) is 11.5. The van der Waals surface area contributed by atoms with Crippen LogP contribution in [0.25, 0.3) is 0 Å². The SMILES string of the molecule is NC(=NO)C1CCN(S(=O)(=O)N2CCOCC2)CC1. The minimum absolute atomic E-state index is 0.0406. The average Bonchev–Trinajstić information content (AvgIpc) is 2.47. The summed E-state index contributed by atoms with van der Waals surface area (Å²) in [5, 5.41) is 11.6. The lowest BCUT2D eigenvalue weighted by Crippen LogP contribution is -2.51. The number of hydrogen-bond acceptors (Lipinski definition) is 5. The Morgan fingerprint density at radius 3 is 2.21 bits per heavy atom. The van der Waals surface area contributed by atoms with Crippen LogP contribution in [0.1, 0.15) is 12.8 Å². The summed E-state index contributed by atoms with van der Waals surface area (Å²) < 4.78 is 32.8. The van der Waals surface area contributed by atoms with Gasteiger partial charge in [0.15, 0.2) is 0 Å². The maximum absolute atomic E-state index is 12.4. The first-order chi connectivity index (χ1) is 9.05. The standard InChI is InChI=1S/C10H20N4O4S/c11-10(12-15)9-1-3-13(4-2-9)19(16,17)14-5-7-18-8-6-14/h9,15H,1-8H2,(H2,11,12). The molecule has 2 saturated heterocycles. The Kier molecular flexibility index (Phi) is 4.61. The smallest absolute Gasteiger partial charge is 0.282 e. The van der Waals surface area contributed by atoms with Crippen LogP contribution in [0.15, 0.2) is 5.16 Å². The largest absolute Gasteiger partial charge is 0.409 e. The lowest BCUT2D eigenvalue weighted by molar-refractivity contribution is 0.0695. The highest BCUT2D eigenvalue weighted by Crippen LogP contribution is 2.21. The monoisotopic (exact) mass is 292 g/mol. The Balaban J connectivity index is 1.96. The fourth-order valence-electron chi connectivity index (χ4n) is 2.40. The van der Waals surface area contributed by atoms with Crippen molar-refractivity contribution in [2.24, 2.45) is 16.8 Å². The first-order valence-electron chi connectivity index (χ1n) is 6.36. The number of morpholine rings is 1. The van der Waals surface area contributed by atoms with Gasteiger partial charge in [-0.25, -0.2) is 0 Å². The predicted molar refractivity (Wildman–Crippen MR) is 69.0 cm³/mol. The molecule has 8 nitrogen and oxygen atoms in total. The first kappa shape index (κ1) is 14.5. The fourth-order valence-corrected chi connectivity index (χ4v) is 4.01. The van der Waals surface area contributed by atoms with Gasteiger partial charge in [-0.1, -0.05) is 5.16 Å². The normalized spacial score (nSPS) is 25.6. The van der Waals surface area contributed by atoms with Crippen LogP contribution < -0.4 is 5.73 Å². The second-order valence-corrected chi connectivity index (χ2v) is 6.65. The molecule has 0 atom stereocenters. The molecule has 0 amide bonds. The van der Waals surface area contributed by atoms with Crippen molar-refractivity contribution in [3.05, 3.63) is 0 Å². The van der Waals surface area contributed by atoms with E-state index in [9.17, 15) is 8.42 Å². The van der Waals surface area contributed by atoms with E-state index in [1.807, 2.05) is 0 Å². The minimum Gasteiger partial charge on any atom is -0.409 e. The van der Waals surface area contributed by atoms with Gasteiger partial charge in [-0.2, -0.15) is 17.0 Å². The van der Waals surface area contributed by atoms with E-state index in [0.717, 1.165) is 0 Å². The average molecular weight is 292 g/mol. The molecular weight excluding hydrogens is 272 g/mol. The maximum Gasteiger partial charge on any atom is 0.282 e. The molecule has 2 fully saturated rings. The van der Waals surface area contributed by atoms with Gasteiger partial charge in [0.25, 0.3) is 10.2 Å². The number of piperidine rings is 1. The van der Waals surface area contributed by atoms with E-state index >= 15 is 0 Å². The van der Waals surface area contributed by atoms with Crippen molar-refractivity contribution in [3.63, 3.8) is 0 Å². The molecule has 9 heteroatoms. The van der Waals surface area contributed by atoms with Crippen molar-refractivity contribution in [2.45, 2.75) is 12.8 Å². The number of hydrogen-bond donors (Lipinski definition) is 2. The molecule has 0 radical (unpaired) electrons. The molecule has 3 N–H and O–H groups in total. The summed E-state index contributed by atoms with van der Waals surface area (Å²) in [5.74, 6) is 0.143. The van der Waals surface area contributed by atoms with Crippen molar-refractivity contribution >= 4 is 16.0 Å². The van der Waals surface area contributed by atoms with Crippen molar-refractivity contribution in [1.29, 1.82) is 0 Å². The first-order valence-corrected chi connectivity index (χ1v) is 7.76. The van der Waals surface area contributed by atoms with Crippen LogP contribution in [-0.2, 0) is 14.9 Å². The Bertz CT molecular complexity index is 425. The van der Waals surface area contributed by atoms with Gasteiger partial charge in [0, 0.05) is 32.1 Å². The highest BCUT2D eigenvalue weighted by atomic mass is 32.2. The van der Waals surface area contributed by atoms with Crippen LogP contribution in [-0.4, -0.2) is 67.5 Å². The van der Waals surface area contributed by atoms with Crippen molar-refractivity contribution in [2.75, 3.05) is 39.4 Å². The Hall–Kier alpha value is -0.900. The fraction of sp³-hybridized carbons (Fsp3) is 0.900. The van der Waals surface area contributed by atoms with Crippen molar-refractivity contribution in [1.82, 2.24) is 8.61 Å². The molecule has 2 aliphatic rings. The predicted octanol–water partition coefficient (Wildman–Crippen LogP) is -0.978. The van der Waals surface area contributed by atoms with Gasteiger partial charge < -0.3 is 15.7 Å². The number of nitrogens with two attached hydrogens (primary N) is 1. The molecule has 0 aromatic heterocycles. The number of rotatable bonds is 3. The molecule has 19 heavy (non-hydrogen) atoms. The van der Waals surface area contributed by atoms with E-state index in [0.29, 0.717) is 52.2 Å². The minimum atomic E-state index is -3.40. The van der Waals surface area contributed by atoms with Gasteiger partial charge in [-0.3, -0.25) is 0 Å². The van der Waals surface area contributed by atoms with Gasteiger partial charge in [-0.05, 0) is 12.8 Å². The quantitative estimate of drug-likeness (QED) is 0.301. The second kappa shape index (κ2) is 6.04. The van der Waals surface area contributed by atoms with Gasteiger partial charge in [-0.15, -0.1) is 0 Å². The lowest BCUT2D eigenvalue weighted by Gasteiger charge is -2.35. The third-order valence-electron chi connectivity index (χ3n) is 3.61. The van der Waals surface area contributed by atoms with Gasteiger partial charge in [0.2, 0.25) is 0 Å². The summed E-state index contributed by atoms with van der Waals surface area (Å²) in [7, 11) is -3.40. The van der Waals surface area contributed by atoms with Crippen molar-refractivity contribution in [3.8, 4) is 0 Å². The highest BCUT2D eigenvalue weighted by molar-refractivity contribution is 7.86. The summed E-state index contributed by atoms with van der Waals surface area (Å²) in [6.45, 7) is 2.51. The molecule has 0 aromatic carbocycles. The van der Waals surface area contributed by atoms with Gasteiger partial charge >= 0.3 is 0 Å². The number of oxime groups is 1. The van der Waals surface area contributed by atoms with E-state index < -0.39 is 10.2 Å². The van der Waals surface area contributed by atoms with Gasteiger partial charge in [0.1, 0.15) is 5.84 Å². The van der Waals surface area contributed by atoms with E-state index in [2.05, 4.69) is 5.16 Å². The van der Waals surface area contributed by atoms with E-state index in [1.54, 1.807) is 0 Å². The third kappa shape index (κ3) is 3.16. The zero-order chi connectivity index (χ0) is 13.9. The molecular formula is C10H20N4O4S. The van der Waals surface area contributed by atoms with Crippen LogP contribution in [0.4, 0.5) is 0 Å². The van der Waals surface area contributed by atoms with E-state index in [1.165, 1.54) is 8.61 Å². The Morgan fingerprint density at radius 1 is 1.16 bits per heavy atom. The lowest BCUT2D eigenvalue weighted by atomic mass is 9.97. The number of amidine groups is 1. The molecule has 2 aliphatic heterocycles. The van der Waals surface area contributed by atoms with E-state index in [4.69, 9.17) is 15.7 Å². The molecule has 0 aliphatic carbocycles. The van der Waals surface area contributed by atoms with Crippen LogP contribution >= 0.6 is 0 Å². The summed E-state index contributed by atoms with van der Waals surface area (Å²) in [5.41, 5.74) is 5.55. The number of ether oxygens (including phenoxy) is 1. The molecule has 0 spiro atoms. The summed E-state index contributed by atoms with van der Waals surface area (Å²) in [6, 6.07) is 0. The molecule has 0 saturated carbocycles. The van der Waals surface area contributed by atoms with E-state index in [-0.39, 0.29) is 11.8 Å². The number of nitrogens with zero attached hydrogens (tertiary/aromatic N) is 3. The molecule has 0 aromatic rings. The molecule has 0 bridgehead atoms. The molecule has 0 unspecified atom stereocenters. The van der Waals surface area contributed by atoms with Crippen LogP contribution in [0.5, 0.6) is 0 Å². The zero-order valence-electron chi connectivity index (χ0n) is 10.7. The highest BCUT2D eigenvalue weighted by Gasteiger charge is 2.34. The van der Waals surface area contributed by atoms with Crippen LogP contribution in [0, 0.1) is 5.92 Å². The second-order valence-electron chi connectivity index (χ2n) is 4.72. The van der Waals surface area contributed by atoms with Crippen molar-refractivity contribution < 1.29 is 18.4 Å². The molecule has 2 heterocycles. The van der Waals surface area contributed by atoms with Gasteiger partial charge in [0.05, 0.1) is 13.2 Å². The topological polar surface area (TPSA) is 108 Å². The maximum atomic E-state index is 12.4.